The molecule has 1 amide bonds. The minimum absolute atomic E-state index is 0.103. The number of nitrogens with zero attached hydrogens (tertiary/aromatic N) is 1. The van der Waals surface area contributed by atoms with Crippen LogP contribution in [0.4, 0.5) is 0 Å². The Morgan fingerprint density at radius 2 is 2.00 bits per heavy atom. The molecule has 3 N–H and O–H groups in total. The summed E-state index contributed by atoms with van der Waals surface area (Å²) in [5.74, 6) is -0.103. The Hall–Kier alpha value is -1.72. The molecule has 0 fully saturated rings. The number of aromatic nitrogens is 1. The van der Waals surface area contributed by atoms with E-state index >= 15 is 0 Å². The number of carbonyl (C=O) groups is 1. The Labute approximate surface area is 129 Å². The zero-order chi connectivity index (χ0) is 15.5. The lowest BCUT2D eigenvalue weighted by molar-refractivity contribution is 0.0953. The van der Waals surface area contributed by atoms with Gasteiger partial charge in [-0.15, -0.1) is 11.3 Å². The second kappa shape index (κ2) is 6.37. The van der Waals surface area contributed by atoms with Crippen molar-refractivity contribution in [2.75, 3.05) is 6.54 Å². The number of thiazole rings is 1. The summed E-state index contributed by atoms with van der Waals surface area (Å²) in [6.07, 6.45) is 0. The van der Waals surface area contributed by atoms with Crippen LogP contribution in [0.2, 0.25) is 0 Å². The lowest BCUT2D eigenvalue weighted by Gasteiger charge is -2.18. The molecule has 2 rings (SSSR count). The lowest BCUT2D eigenvalue weighted by atomic mass is 9.91. The van der Waals surface area contributed by atoms with Crippen LogP contribution in [0.3, 0.4) is 0 Å². The molecule has 5 heteroatoms. The monoisotopic (exact) mass is 303 g/mol. The van der Waals surface area contributed by atoms with Crippen molar-refractivity contribution >= 4 is 17.2 Å². The number of hydrogen-bond donors (Lipinski definition) is 2. The van der Waals surface area contributed by atoms with Gasteiger partial charge in [-0.3, -0.25) is 4.79 Å². The molecule has 1 heterocycles. The van der Waals surface area contributed by atoms with Gasteiger partial charge in [0.25, 0.3) is 5.91 Å². The summed E-state index contributed by atoms with van der Waals surface area (Å²) in [6, 6.07) is 9.55. The molecule has 2 aromatic rings. The fraction of sp³-hybridized carbons (Fsp3) is 0.375. The van der Waals surface area contributed by atoms with Crippen LogP contribution in [0, 0.1) is 0 Å². The van der Waals surface area contributed by atoms with E-state index in [0.29, 0.717) is 11.4 Å². The van der Waals surface area contributed by atoms with Gasteiger partial charge < -0.3 is 11.1 Å². The van der Waals surface area contributed by atoms with E-state index in [-0.39, 0.29) is 17.4 Å². The number of amides is 1. The first-order valence-corrected chi connectivity index (χ1v) is 7.80. The van der Waals surface area contributed by atoms with Crippen LogP contribution in [0.1, 0.15) is 47.7 Å². The average molecular weight is 303 g/mol. The van der Waals surface area contributed by atoms with Gasteiger partial charge in [-0.05, 0) is 5.56 Å². The minimum atomic E-state index is -0.207. The summed E-state index contributed by atoms with van der Waals surface area (Å²) in [6.45, 7) is 6.56. The van der Waals surface area contributed by atoms with E-state index in [1.807, 2.05) is 30.3 Å². The van der Waals surface area contributed by atoms with Crippen molar-refractivity contribution in [2.45, 2.75) is 32.2 Å². The molecule has 0 saturated heterocycles. The maximum absolute atomic E-state index is 12.3. The molecule has 1 atom stereocenters. The lowest BCUT2D eigenvalue weighted by Crippen LogP contribution is -2.32. The van der Waals surface area contributed by atoms with Gasteiger partial charge in [0.2, 0.25) is 0 Å². The van der Waals surface area contributed by atoms with E-state index in [4.69, 9.17) is 5.73 Å². The van der Waals surface area contributed by atoms with Gasteiger partial charge in [0, 0.05) is 18.0 Å². The maximum atomic E-state index is 12.3. The van der Waals surface area contributed by atoms with E-state index in [2.05, 4.69) is 31.1 Å². The molecular formula is C16H21N3OS. The van der Waals surface area contributed by atoms with Gasteiger partial charge in [0.1, 0.15) is 4.88 Å². The molecule has 0 saturated carbocycles. The van der Waals surface area contributed by atoms with Crippen molar-refractivity contribution in [1.82, 2.24) is 10.3 Å². The molecule has 4 nitrogen and oxygen atoms in total. The van der Waals surface area contributed by atoms with Gasteiger partial charge in [0.05, 0.1) is 11.2 Å². The summed E-state index contributed by atoms with van der Waals surface area (Å²) in [4.78, 5) is 17.3. The third-order valence-corrected chi connectivity index (χ3v) is 4.02. The van der Waals surface area contributed by atoms with Gasteiger partial charge in [-0.1, -0.05) is 51.1 Å². The number of benzene rings is 1. The fourth-order valence-electron chi connectivity index (χ4n) is 2.04. The molecule has 1 unspecified atom stereocenters. The van der Waals surface area contributed by atoms with Crippen molar-refractivity contribution in [2.24, 2.45) is 5.73 Å². The van der Waals surface area contributed by atoms with Crippen LogP contribution in [0.5, 0.6) is 0 Å². The van der Waals surface area contributed by atoms with Crippen molar-refractivity contribution < 1.29 is 4.79 Å². The van der Waals surface area contributed by atoms with E-state index in [1.165, 1.54) is 11.3 Å². The van der Waals surface area contributed by atoms with Crippen LogP contribution in [0.15, 0.2) is 35.8 Å². The zero-order valence-electron chi connectivity index (χ0n) is 12.6. The molecule has 0 aliphatic carbocycles. The molecule has 0 aliphatic heterocycles. The Morgan fingerprint density at radius 1 is 1.33 bits per heavy atom. The first kappa shape index (κ1) is 15.7. The zero-order valence-corrected chi connectivity index (χ0v) is 13.4. The second-order valence-electron chi connectivity index (χ2n) is 6.01. The predicted molar refractivity (Wildman–Crippen MR) is 86.5 cm³/mol. The minimum Gasteiger partial charge on any atom is -0.349 e. The second-order valence-corrected chi connectivity index (χ2v) is 6.86. The van der Waals surface area contributed by atoms with Gasteiger partial charge >= 0.3 is 0 Å². The Bertz CT molecular complexity index is 601. The Kier molecular flexibility index (Phi) is 4.75. The molecule has 0 bridgehead atoms. The van der Waals surface area contributed by atoms with Crippen molar-refractivity contribution in [3.05, 3.63) is 52.0 Å². The first-order chi connectivity index (χ1) is 9.89. The smallest absolute Gasteiger partial charge is 0.263 e. The number of hydrogen-bond acceptors (Lipinski definition) is 4. The summed E-state index contributed by atoms with van der Waals surface area (Å²) in [5.41, 5.74) is 9.51. The highest BCUT2D eigenvalue weighted by molar-refractivity contribution is 7.11. The average Bonchev–Trinajstić information content (AvgIpc) is 2.95. The van der Waals surface area contributed by atoms with Crippen molar-refractivity contribution in [3.8, 4) is 0 Å². The number of nitrogens with two attached hydrogens (primary N) is 1. The van der Waals surface area contributed by atoms with Crippen molar-refractivity contribution in [3.63, 3.8) is 0 Å². The van der Waals surface area contributed by atoms with Gasteiger partial charge in [-0.25, -0.2) is 4.98 Å². The standard InChI is InChI=1S/C16H21N3OS/c1-16(2,3)14-13(21-10-19-14)15(20)18-9-12(17)11-7-5-4-6-8-11/h4-8,10,12H,9,17H2,1-3H3,(H,18,20). The molecule has 0 spiro atoms. The van der Waals surface area contributed by atoms with Gasteiger partial charge in [0.15, 0.2) is 0 Å². The normalized spacial score (nSPS) is 13.0. The molecule has 0 radical (unpaired) electrons. The molecule has 1 aromatic heterocycles. The fourth-order valence-corrected chi connectivity index (χ4v) is 2.96. The number of nitrogens with one attached hydrogen (secondary N) is 1. The summed E-state index contributed by atoms with van der Waals surface area (Å²) in [7, 11) is 0. The highest BCUT2D eigenvalue weighted by Crippen LogP contribution is 2.27. The van der Waals surface area contributed by atoms with Crippen LogP contribution >= 0.6 is 11.3 Å². The number of carbonyl (C=O) groups excluding carboxylic acids is 1. The van der Waals surface area contributed by atoms with Crippen molar-refractivity contribution in [1.29, 1.82) is 0 Å². The van der Waals surface area contributed by atoms with E-state index in [9.17, 15) is 4.79 Å². The highest BCUT2D eigenvalue weighted by Gasteiger charge is 2.25. The predicted octanol–water partition coefficient (Wildman–Crippen LogP) is 2.87. The van der Waals surface area contributed by atoms with E-state index in [1.54, 1.807) is 5.51 Å². The van der Waals surface area contributed by atoms with Crippen LogP contribution in [0.25, 0.3) is 0 Å². The molecule has 112 valence electrons. The molecular weight excluding hydrogens is 282 g/mol. The quantitative estimate of drug-likeness (QED) is 0.912. The Balaban J connectivity index is 2.02. The topological polar surface area (TPSA) is 68.0 Å². The first-order valence-electron chi connectivity index (χ1n) is 6.92. The third kappa shape index (κ3) is 3.89. The van der Waals surface area contributed by atoms with E-state index < -0.39 is 0 Å². The van der Waals surface area contributed by atoms with Crippen LogP contribution in [-0.4, -0.2) is 17.4 Å². The van der Waals surface area contributed by atoms with Crippen LogP contribution < -0.4 is 11.1 Å². The number of rotatable bonds is 4. The third-order valence-electron chi connectivity index (χ3n) is 3.19. The summed E-state index contributed by atoms with van der Waals surface area (Å²) in [5, 5.41) is 2.90. The SMILES string of the molecule is CC(C)(C)c1ncsc1C(=O)NCC(N)c1ccccc1. The maximum Gasteiger partial charge on any atom is 0.263 e. The molecule has 0 aliphatic rings. The Morgan fingerprint density at radius 3 is 2.62 bits per heavy atom. The van der Waals surface area contributed by atoms with E-state index in [0.717, 1.165) is 11.3 Å². The van der Waals surface area contributed by atoms with Crippen LogP contribution in [-0.2, 0) is 5.41 Å². The molecule has 21 heavy (non-hydrogen) atoms. The largest absolute Gasteiger partial charge is 0.349 e. The summed E-state index contributed by atoms with van der Waals surface area (Å²) < 4.78 is 0. The van der Waals surface area contributed by atoms with Gasteiger partial charge in [-0.2, -0.15) is 0 Å². The molecule has 1 aromatic carbocycles. The summed E-state index contributed by atoms with van der Waals surface area (Å²) >= 11 is 1.37. The highest BCUT2D eigenvalue weighted by atomic mass is 32.1.